The Labute approximate surface area is 166 Å². The van der Waals surface area contributed by atoms with Crippen molar-refractivity contribution in [1.29, 1.82) is 0 Å². The van der Waals surface area contributed by atoms with Crippen molar-refractivity contribution < 1.29 is 4.74 Å². The minimum absolute atomic E-state index is 0.0641. The molecule has 27 heavy (non-hydrogen) atoms. The van der Waals surface area contributed by atoms with Crippen LogP contribution in [0.4, 0.5) is 5.69 Å². The number of ether oxygens (including phenoxy) is 1. The lowest BCUT2D eigenvalue weighted by molar-refractivity contribution is -0.00521. The van der Waals surface area contributed by atoms with Crippen molar-refractivity contribution in [2.75, 3.05) is 18.0 Å². The van der Waals surface area contributed by atoms with E-state index < -0.39 is 0 Å². The minimum atomic E-state index is -0.0641. The Morgan fingerprint density at radius 3 is 2.37 bits per heavy atom. The molecule has 0 spiro atoms. The molecule has 2 unspecified atom stereocenters. The van der Waals surface area contributed by atoms with E-state index >= 15 is 0 Å². The van der Waals surface area contributed by atoms with Gasteiger partial charge in [-0.05, 0) is 66.5 Å². The molecule has 0 saturated carbocycles. The molecule has 1 aliphatic heterocycles. The van der Waals surface area contributed by atoms with Gasteiger partial charge >= 0.3 is 0 Å². The Balaban J connectivity index is 1.73. The molecule has 0 aliphatic carbocycles. The van der Waals surface area contributed by atoms with Crippen LogP contribution >= 0.6 is 15.9 Å². The highest BCUT2D eigenvalue weighted by molar-refractivity contribution is 9.10. The first kappa shape index (κ1) is 18.2. The Hall–Kier alpha value is -2.18. The smallest absolute Gasteiger partial charge is 0.264 e. The van der Waals surface area contributed by atoms with Gasteiger partial charge in [0, 0.05) is 52.9 Å². The number of rotatable bonds is 2. The molecule has 2 atom stereocenters. The van der Waals surface area contributed by atoms with Gasteiger partial charge in [0.05, 0.1) is 17.6 Å². The third-order valence-electron chi connectivity index (χ3n) is 4.98. The first-order valence-electron chi connectivity index (χ1n) is 9.10. The van der Waals surface area contributed by atoms with Crippen molar-refractivity contribution in [3.05, 3.63) is 63.2 Å². The lowest BCUT2D eigenvalue weighted by atomic mass is 10.1. The van der Waals surface area contributed by atoms with E-state index in [1.54, 1.807) is 17.0 Å². The highest BCUT2D eigenvalue weighted by Gasteiger charge is 2.22. The molecule has 0 bridgehead atoms. The second-order valence-electron chi connectivity index (χ2n) is 7.21. The van der Waals surface area contributed by atoms with E-state index in [0.717, 1.165) is 39.9 Å². The van der Waals surface area contributed by atoms with Crippen molar-refractivity contribution in [2.24, 2.45) is 0 Å². The number of pyridine rings is 2. The van der Waals surface area contributed by atoms with Gasteiger partial charge in [-0.1, -0.05) is 0 Å². The maximum absolute atomic E-state index is 13.0. The van der Waals surface area contributed by atoms with Crippen LogP contribution in [0.3, 0.4) is 0 Å². The number of fused-ring (bicyclic) bond motifs is 1. The lowest BCUT2D eigenvalue weighted by Gasteiger charge is -2.36. The summed E-state index contributed by atoms with van der Waals surface area (Å²) in [5.74, 6) is 0. The van der Waals surface area contributed by atoms with Gasteiger partial charge in [0.15, 0.2) is 0 Å². The lowest BCUT2D eigenvalue weighted by Crippen LogP contribution is -2.45. The van der Waals surface area contributed by atoms with Crippen LogP contribution in [0.1, 0.15) is 19.4 Å². The van der Waals surface area contributed by atoms with Crippen molar-refractivity contribution in [1.82, 2.24) is 9.55 Å². The summed E-state index contributed by atoms with van der Waals surface area (Å²) < 4.78 is 8.35. The summed E-state index contributed by atoms with van der Waals surface area (Å²) >= 11 is 3.50. The number of benzene rings is 1. The van der Waals surface area contributed by atoms with Crippen LogP contribution in [0.2, 0.25) is 0 Å². The van der Waals surface area contributed by atoms with Gasteiger partial charge in [-0.2, -0.15) is 0 Å². The van der Waals surface area contributed by atoms with Crippen molar-refractivity contribution >= 4 is 32.4 Å². The van der Waals surface area contributed by atoms with Crippen LogP contribution in [-0.2, 0) is 4.74 Å². The van der Waals surface area contributed by atoms with Gasteiger partial charge in [-0.15, -0.1) is 0 Å². The van der Waals surface area contributed by atoms with Gasteiger partial charge in [-0.25, -0.2) is 0 Å². The van der Waals surface area contributed by atoms with Crippen LogP contribution in [0.15, 0.2) is 52.1 Å². The molecule has 1 aromatic carbocycles. The molecule has 1 saturated heterocycles. The van der Waals surface area contributed by atoms with E-state index in [9.17, 15) is 4.79 Å². The normalized spacial score (nSPS) is 20.2. The van der Waals surface area contributed by atoms with Gasteiger partial charge in [0.1, 0.15) is 0 Å². The summed E-state index contributed by atoms with van der Waals surface area (Å²) in [6, 6.07) is 8.15. The van der Waals surface area contributed by atoms with Crippen LogP contribution < -0.4 is 10.5 Å². The zero-order valence-corrected chi connectivity index (χ0v) is 17.2. The second-order valence-corrected chi connectivity index (χ2v) is 8.06. The Morgan fingerprint density at radius 2 is 1.70 bits per heavy atom. The molecule has 1 fully saturated rings. The molecular formula is C21H22BrN3O2. The van der Waals surface area contributed by atoms with Gasteiger partial charge in [0.2, 0.25) is 0 Å². The van der Waals surface area contributed by atoms with E-state index in [2.05, 4.69) is 51.8 Å². The summed E-state index contributed by atoms with van der Waals surface area (Å²) in [4.78, 5) is 19.5. The molecular weight excluding hydrogens is 406 g/mol. The average molecular weight is 428 g/mol. The van der Waals surface area contributed by atoms with E-state index in [4.69, 9.17) is 4.74 Å². The molecule has 140 valence electrons. The van der Waals surface area contributed by atoms with E-state index in [-0.39, 0.29) is 17.8 Å². The van der Waals surface area contributed by atoms with Crippen molar-refractivity contribution in [3.63, 3.8) is 0 Å². The van der Waals surface area contributed by atoms with Crippen LogP contribution in [0.5, 0.6) is 0 Å². The second kappa shape index (κ2) is 7.09. The molecule has 0 radical (unpaired) electrons. The summed E-state index contributed by atoms with van der Waals surface area (Å²) in [6.07, 6.45) is 5.67. The number of morpholine rings is 1. The summed E-state index contributed by atoms with van der Waals surface area (Å²) in [5, 5.41) is 1.53. The molecule has 4 rings (SSSR count). The number of anilines is 1. The van der Waals surface area contributed by atoms with Crippen molar-refractivity contribution in [3.8, 4) is 5.69 Å². The molecule has 6 heteroatoms. The minimum Gasteiger partial charge on any atom is -0.372 e. The molecule has 0 N–H and O–H groups in total. The third-order valence-corrected chi connectivity index (χ3v) is 5.58. The highest BCUT2D eigenvalue weighted by Crippen LogP contribution is 2.25. The predicted molar refractivity (Wildman–Crippen MR) is 112 cm³/mol. The molecule has 5 nitrogen and oxygen atoms in total. The number of nitrogens with zero attached hydrogens (tertiary/aromatic N) is 3. The summed E-state index contributed by atoms with van der Waals surface area (Å²) in [7, 11) is 0. The number of hydrogen-bond donors (Lipinski definition) is 0. The fourth-order valence-electron chi connectivity index (χ4n) is 3.85. The zero-order chi connectivity index (χ0) is 19.1. The first-order valence-corrected chi connectivity index (χ1v) is 9.89. The van der Waals surface area contributed by atoms with Gasteiger partial charge < -0.3 is 9.64 Å². The molecule has 3 heterocycles. The maximum atomic E-state index is 13.0. The fraction of sp³-hybridized carbons (Fsp3) is 0.333. The van der Waals surface area contributed by atoms with E-state index in [1.165, 1.54) is 0 Å². The van der Waals surface area contributed by atoms with E-state index in [0.29, 0.717) is 5.39 Å². The summed E-state index contributed by atoms with van der Waals surface area (Å²) in [5.41, 5.74) is 2.96. The van der Waals surface area contributed by atoms with Crippen LogP contribution in [-0.4, -0.2) is 34.8 Å². The maximum Gasteiger partial charge on any atom is 0.264 e. The standard InChI is InChI=1S/C21H22BrN3O2/c1-13-10-25(21(26)18-8-23-9-19(22)20(13)18)17-6-4-16(5-7-17)24-11-14(2)27-15(3)12-24/h4-10,14-15H,11-12H2,1-3H3. The SMILES string of the molecule is Cc1cn(-c2ccc(N3CC(C)OC(C)C3)cc2)c(=O)c2cncc(Br)c12. The topological polar surface area (TPSA) is 47.4 Å². The average Bonchev–Trinajstić information content (AvgIpc) is 2.64. The first-order chi connectivity index (χ1) is 12.9. The third kappa shape index (κ3) is 3.39. The Kier molecular flexibility index (Phi) is 4.78. The predicted octanol–water partition coefficient (Wildman–Crippen LogP) is 4.07. The summed E-state index contributed by atoms with van der Waals surface area (Å²) in [6.45, 7) is 7.95. The van der Waals surface area contributed by atoms with Gasteiger partial charge in [-0.3, -0.25) is 14.3 Å². The zero-order valence-electron chi connectivity index (χ0n) is 15.6. The fourth-order valence-corrected chi connectivity index (χ4v) is 4.49. The van der Waals surface area contributed by atoms with Crippen molar-refractivity contribution in [2.45, 2.75) is 33.0 Å². The molecule has 2 aromatic heterocycles. The van der Waals surface area contributed by atoms with Crippen LogP contribution in [0.25, 0.3) is 16.5 Å². The van der Waals surface area contributed by atoms with E-state index in [1.807, 2.05) is 25.3 Å². The van der Waals surface area contributed by atoms with Gasteiger partial charge in [0.25, 0.3) is 5.56 Å². The Morgan fingerprint density at radius 1 is 1.07 bits per heavy atom. The molecule has 1 aliphatic rings. The number of aromatic nitrogens is 2. The Bertz CT molecular complexity index is 1040. The largest absolute Gasteiger partial charge is 0.372 e. The number of aryl methyl sites for hydroxylation is 1. The highest BCUT2D eigenvalue weighted by atomic mass is 79.9. The number of halogens is 1. The quantitative estimate of drug-likeness (QED) is 0.618. The number of hydrogen-bond acceptors (Lipinski definition) is 4. The molecule has 3 aromatic rings. The molecule has 0 amide bonds. The van der Waals surface area contributed by atoms with Crippen LogP contribution in [0, 0.1) is 6.92 Å². The monoisotopic (exact) mass is 427 g/mol.